The van der Waals surface area contributed by atoms with Crippen molar-refractivity contribution in [2.45, 2.75) is 12.6 Å². The number of phenolic OH excluding ortho intramolecular Hbond substituents is 1. The number of alkyl halides is 3. The number of H-pyrrole nitrogens is 1. The van der Waals surface area contributed by atoms with Gasteiger partial charge in [-0.05, 0) is 35.4 Å². The number of rotatable bonds is 6. The molecule has 0 radical (unpaired) electrons. The van der Waals surface area contributed by atoms with Crippen LogP contribution in [0.3, 0.4) is 0 Å². The first kappa shape index (κ1) is 22.3. The lowest BCUT2D eigenvalue weighted by Gasteiger charge is -2.13. The Labute approximate surface area is 187 Å². The lowest BCUT2D eigenvalue weighted by Crippen LogP contribution is -2.09. The Hall–Kier alpha value is -3.88. The minimum atomic E-state index is -4.49. The number of fused-ring (bicyclic) bond motifs is 1. The van der Waals surface area contributed by atoms with Gasteiger partial charge in [0.1, 0.15) is 11.6 Å². The summed E-state index contributed by atoms with van der Waals surface area (Å²) in [5.74, 6) is 1.62. The van der Waals surface area contributed by atoms with E-state index in [9.17, 15) is 18.3 Å². The van der Waals surface area contributed by atoms with Gasteiger partial charge in [0, 0.05) is 18.1 Å². The van der Waals surface area contributed by atoms with E-state index in [0.717, 1.165) is 6.07 Å². The van der Waals surface area contributed by atoms with Crippen LogP contribution in [0.4, 0.5) is 13.2 Å². The number of phenols is 1. The van der Waals surface area contributed by atoms with Crippen molar-refractivity contribution in [2.75, 3.05) is 21.3 Å². The summed E-state index contributed by atoms with van der Waals surface area (Å²) >= 11 is 0. The van der Waals surface area contributed by atoms with Crippen LogP contribution < -0.4 is 14.2 Å². The predicted octanol–water partition coefficient (Wildman–Crippen LogP) is 5.57. The third-order valence-electron chi connectivity index (χ3n) is 5.29. The molecule has 3 aromatic carbocycles. The highest BCUT2D eigenvalue weighted by Crippen LogP contribution is 2.41. The second-order valence-electron chi connectivity index (χ2n) is 7.33. The number of aromatic nitrogens is 2. The Balaban J connectivity index is 1.84. The van der Waals surface area contributed by atoms with E-state index in [2.05, 4.69) is 9.97 Å². The molecule has 6 nitrogen and oxygen atoms in total. The molecular weight excluding hydrogens is 437 g/mol. The van der Waals surface area contributed by atoms with E-state index >= 15 is 0 Å². The summed E-state index contributed by atoms with van der Waals surface area (Å²) in [5, 5.41) is 10.2. The zero-order valence-corrected chi connectivity index (χ0v) is 18.1. The number of imidazole rings is 1. The molecule has 0 spiro atoms. The second kappa shape index (κ2) is 8.57. The smallest absolute Gasteiger partial charge is 0.416 e. The van der Waals surface area contributed by atoms with Crippen LogP contribution in [-0.2, 0) is 12.6 Å². The number of benzene rings is 3. The van der Waals surface area contributed by atoms with Crippen LogP contribution in [0.25, 0.3) is 22.4 Å². The van der Waals surface area contributed by atoms with Gasteiger partial charge in [-0.1, -0.05) is 18.2 Å². The van der Waals surface area contributed by atoms with Gasteiger partial charge in [0.25, 0.3) is 0 Å². The number of aromatic amines is 1. The molecule has 33 heavy (non-hydrogen) atoms. The third kappa shape index (κ3) is 4.26. The monoisotopic (exact) mass is 458 g/mol. The average molecular weight is 458 g/mol. The molecule has 0 saturated heterocycles. The summed E-state index contributed by atoms with van der Waals surface area (Å²) in [6.07, 6.45) is -4.54. The molecule has 0 atom stereocenters. The molecule has 0 saturated carbocycles. The highest BCUT2D eigenvalue weighted by Gasteiger charge is 2.33. The van der Waals surface area contributed by atoms with Gasteiger partial charge in [0.15, 0.2) is 11.5 Å². The van der Waals surface area contributed by atoms with Crippen molar-refractivity contribution in [1.29, 1.82) is 0 Å². The summed E-state index contributed by atoms with van der Waals surface area (Å²) in [5.41, 5.74) is 1.38. The highest BCUT2D eigenvalue weighted by molar-refractivity contribution is 5.85. The van der Waals surface area contributed by atoms with Gasteiger partial charge in [0.2, 0.25) is 5.75 Å². The molecule has 4 rings (SSSR count). The molecule has 1 heterocycles. The standard InChI is InChI=1S/C24H21F3N2O4/c1-31-19-10-15(11-20(32-2)22(19)33-3)23-28-18-12-16(30)9-14(21(18)29-23)8-13-6-4-5-7-17(13)24(25,26)27/h4-7,9-12,30H,8H2,1-3H3,(H,28,29). The van der Waals surface area contributed by atoms with Gasteiger partial charge >= 0.3 is 6.18 Å². The number of aromatic hydroxyl groups is 1. The van der Waals surface area contributed by atoms with Gasteiger partial charge < -0.3 is 24.3 Å². The summed E-state index contributed by atoms with van der Waals surface area (Å²) in [7, 11) is 4.48. The van der Waals surface area contributed by atoms with Crippen molar-refractivity contribution in [3.63, 3.8) is 0 Å². The van der Waals surface area contributed by atoms with Crippen molar-refractivity contribution >= 4 is 11.0 Å². The molecule has 0 unspecified atom stereocenters. The molecule has 0 aliphatic carbocycles. The van der Waals surface area contributed by atoms with E-state index in [1.54, 1.807) is 18.2 Å². The molecule has 172 valence electrons. The van der Waals surface area contributed by atoms with Crippen molar-refractivity contribution < 1.29 is 32.5 Å². The molecule has 0 aliphatic rings. The first-order chi connectivity index (χ1) is 15.7. The topological polar surface area (TPSA) is 76.6 Å². The first-order valence-electron chi connectivity index (χ1n) is 9.92. The van der Waals surface area contributed by atoms with Crippen LogP contribution in [0.1, 0.15) is 16.7 Å². The van der Waals surface area contributed by atoms with E-state index in [4.69, 9.17) is 14.2 Å². The van der Waals surface area contributed by atoms with Crippen molar-refractivity contribution in [3.05, 3.63) is 65.2 Å². The van der Waals surface area contributed by atoms with Crippen LogP contribution in [0.5, 0.6) is 23.0 Å². The van der Waals surface area contributed by atoms with Gasteiger partial charge in [-0.25, -0.2) is 4.98 Å². The molecule has 0 aliphatic heterocycles. The molecule has 1 aromatic heterocycles. The Morgan fingerprint density at radius 3 is 2.18 bits per heavy atom. The number of nitrogens with one attached hydrogen (secondary N) is 1. The van der Waals surface area contributed by atoms with Gasteiger partial charge in [-0.3, -0.25) is 0 Å². The first-order valence-corrected chi connectivity index (χ1v) is 9.92. The lowest BCUT2D eigenvalue weighted by molar-refractivity contribution is -0.138. The molecule has 0 amide bonds. The Morgan fingerprint density at radius 1 is 0.909 bits per heavy atom. The minimum absolute atomic E-state index is 0.0554. The fourth-order valence-electron chi connectivity index (χ4n) is 3.82. The van der Waals surface area contributed by atoms with E-state index in [0.29, 0.717) is 45.2 Å². The summed E-state index contributed by atoms with van der Waals surface area (Å²) in [6.45, 7) is 0. The largest absolute Gasteiger partial charge is 0.508 e. The quantitative estimate of drug-likeness (QED) is 0.395. The van der Waals surface area contributed by atoms with Crippen molar-refractivity contribution in [1.82, 2.24) is 9.97 Å². The van der Waals surface area contributed by atoms with Crippen LogP contribution >= 0.6 is 0 Å². The zero-order valence-electron chi connectivity index (χ0n) is 18.1. The van der Waals surface area contributed by atoms with Gasteiger partial charge in [-0.15, -0.1) is 0 Å². The maximum Gasteiger partial charge on any atom is 0.416 e. The van der Waals surface area contributed by atoms with Crippen LogP contribution in [0.15, 0.2) is 48.5 Å². The normalized spacial score (nSPS) is 11.6. The predicted molar refractivity (Wildman–Crippen MR) is 117 cm³/mol. The second-order valence-corrected chi connectivity index (χ2v) is 7.33. The van der Waals surface area contributed by atoms with Gasteiger partial charge in [-0.2, -0.15) is 13.2 Å². The van der Waals surface area contributed by atoms with Gasteiger partial charge in [0.05, 0.1) is 37.9 Å². The molecule has 0 bridgehead atoms. The molecule has 4 aromatic rings. The van der Waals surface area contributed by atoms with Crippen LogP contribution in [0.2, 0.25) is 0 Å². The number of methoxy groups -OCH3 is 3. The fraction of sp³-hybridized carbons (Fsp3) is 0.208. The maximum atomic E-state index is 13.5. The number of halogens is 3. The molecular formula is C24H21F3N2O4. The van der Waals surface area contributed by atoms with Crippen molar-refractivity contribution in [2.24, 2.45) is 0 Å². The summed E-state index contributed by atoms with van der Waals surface area (Å²) in [6, 6.07) is 11.7. The van der Waals surface area contributed by atoms with E-state index < -0.39 is 11.7 Å². The molecule has 2 N–H and O–H groups in total. The Morgan fingerprint density at radius 2 is 1.58 bits per heavy atom. The fourth-order valence-corrected chi connectivity index (χ4v) is 3.82. The zero-order chi connectivity index (χ0) is 23.8. The number of nitrogens with zero attached hydrogens (tertiary/aromatic N) is 1. The summed E-state index contributed by atoms with van der Waals surface area (Å²) < 4.78 is 56.5. The maximum absolute atomic E-state index is 13.5. The Bertz CT molecular complexity index is 1290. The average Bonchev–Trinajstić information content (AvgIpc) is 3.21. The van der Waals surface area contributed by atoms with Crippen LogP contribution in [0, 0.1) is 0 Å². The SMILES string of the molecule is COc1cc(-c2nc3c(Cc4ccccc4C(F)(F)F)cc(O)cc3[nH]2)cc(OC)c1OC. The minimum Gasteiger partial charge on any atom is -0.508 e. The van der Waals surface area contributed by atoms with Crippen LogP contribution in [-0.4, -0.2) is 36.4 Å². The summed E-state index contributed by atoms with van der Waals surface area (Å²) in [4.78, 5) is 7.74. The molecule has 9 heteroatoms. The lowest BCUT2D eigenvalue weighted by atomic mass is 9.98. The van der Waals surface area contributed by atoms with Crippen molar-refractivity contribution in [3.8, 4) is 34.4 Å². The van der Waals surface area contributed by atoms with E-state index in [1.165, 1.54) is 45.6 Å². The number of ether oxygens (including phenoxy) is 3. The van der Waals surface area contributed by atoms with E-state index in [-0.39, 0.29) is 17.7 Å². The highest BCUT2D eigenvalue weighted by atomic mass is 19.4. The number of hydrogen-bond acceptors (Lipinski definition) is 5. The third-order valence-corrected chi connectivity index (χ3v) is 5.29. The van der Waals surface area contributed by atoms with E-state index in [1.807, 2.05) is 0 Å². The number of hydrogen-bond donors (Lipinski definition) is 2. The Kier molecular flexibility index (Phi) is 5.80. The molecule has 0 fully saturated rings.